The van der Waals surface area contributed by atoms with Crippen LogP contribution in [-0.2, 0) is 9.59 Å². The summed E-state index contributed by atoms with van der Waals surface area (Å²) in [5, 5.41) is 9.37. The summed E-state index contributed by atoms with van der Waals surface area (Å²) in [7, 11) is 1.58. The van der Waals surface area contributed by atoms with Crippen molar-refractivity contribution in [2.45, 2.75) is 51.0 Å². The summed E-state index contributed by atoms with van der Waals surface area (Å²) in [6.07, 6.45) is 5.77. The van der Waals surface area contributed by atoms with Crippen LogP contribution in [0, 0.1) is 5.92 Å². The lowest BCUT2D eigenvalue weighted by atomic mass is 9.88. The number of carbonyl (C=O) groups excluding carboxylic acids is 1. The van der Waals surface area contributed by atoms with Crippen LogP contribution in [0.15, 0.2) is 0 Å². The molecule has 0 aromatic rings. The van der Waals surface area contributed by atoms with E-state index in [-0.39, 0.29) is 0 Å². The van der Waals surface area contributed by atoms with Crippen LogP contribution in [0.5, 0.6) is 0 Å². The first kappa shape index (κ1) is 13.0. The summed E-state index contributed by atoms with van der Waals surface area (Å²) >= 11 is 0. The van der Waals surface area contributed by atoms with E-state index in [4.69, 9.17) is 0 Å². The predicted octanol–water partition coefficient (Wildman–Crippen LogP) is 1.89. The number of rotatable bonds is 4. The monoisotopic (exact) mass is 227 g/mol. The number of hydrogen-bond donors (Lipinski definition) is 1. The number of carboxylic acid groups (broad SMARTS) is 1. The molecule has 0 aromatic carbocycles. The largest absolute Gasteiger partial charge is 0.479 e. The average Bonchev–Trinajstić information content (AvgIpc) is 2.50. The van der Waals surface area contributed by atoms with Crippen LogP contribution in [0.2, 0.25) is 0 Å². The van der Waals surface area contributed by atoms with E-state index in [2.05, 4.69) is 6.92 Å². The van der Waals surface area contributed by atoms with Gasteiger partial charge in [0, 0.05) is 7.05 Å². The average molecular weight is 227 g/mol. The van der Waals surface area contributed by atoms with Gasteiger partial charge in [0.05, 0.1) is 0 Å². The normalized spacial score (nSPS) is 30.5. The number of aliphatic carboxylic acids is 1. The lowest BCUT2D eigenvalue weighted by molar-refractivity contribution is -0.155. The molecule has 1 aliphatic carbocycles. The molecule has 0 spiro atoms. The molecule has 0 heterocycles. The molecule has 0 aromatic heterocycles. The maximum Gasteiger partial charge on any atom is 0.329 e. The van der Waals surface area contributed by atoms with Crippen molar-refractivity contribution in [3.63, 3.8) is 0 Å². The topological polar surface area (TPSA) is 57.6 Å². The van der Waals surface area contributed by atoms with Gasteiger partial charge in [0.15, 0.2) is 0 Å². The van der Waals surface area contributed by atoms with E-state index in [1.54, 1.807) is 7.05 Å². The molecule has 1 rings (SSSR count). The molecule has 4 nitrogen and oxygen atoms in total. The Bertz CT molecular complexity index is 267. The molecule has 0 aliphatic heterocycles. The molecule has 1 aliphatic rings. The van der Waals surface area contributed by atoms with E-state index in [0.717, 1.165) is 25.7 Å². The van der Waals surface area contributed by atoms with Crippen LogP contribution in [0.4, 0.5) is 0 Å². The predicted molar refractivity (Wildman–Crippen MR) is 61.1 cm³/mol. The van der Waals surface area contributed by atoms with Crippen molar-refractivity contribution in [1.82, 2.24) is 4.90 Å². The van der Waals surface area contributed by atoms with Gasteiger partial charge in [0.1, 0.15) is 5.54 Å². The quantitative estimate of drug-likeness (QED) is 0.589. The second-order valence-electron chi connectivity index (χ2n) is 4.76. The summed E-state index contributed by atoms with van der Waals surface area (Å²) in [5.74, 6) is -0.250. The highest BCUT2D eigenvalue weighted by Crippen LogP contribution is 2.35. The maximum atomic E-state index is 11.4. The summed E-state index contributed by atoms with van der Waals surface area (Å²) in [6, 6.07) is 0. The third-order valence-electron chi connectivity index (χ3n) is 3.98. The number of carboxylic acids is 1. The highest BCUT2D eigenvalue weighted by molar-refractivity contribution is 5.81. The fourth-order valence-corrected chi connectivity index (χ4v) is 2.62. The Morgan fingerprint density at radius 2 is 2.19 bits per heavy atom. The summed E-state index contributed by atoms with van der Waals surface area (Å²) in [5.41, 5.74) is -0.967. The van der Waals surface area contributed by atoms with Gasteiger partial charge in [-0.25, -0.2) is 4.79 Å². The van der Waals surface area contributed by atoms with Crippen molar-refractivity contribution in [3.8, 4) is 0 Å². The number of likely N-dealkylation sites (N-methyl/N-ethyl adjacent to an activating group) is 1. The van der Waals surface area contributed by atoms with E-state index in [1.807, 2.05) is 0 Å². The van der Waals surface area contributed by atoms with Crippen LogP contribution < -0.4 is 0 Å². The molecular formula is C12H21NO3. The van der Waals surface area contributed by atoms with E-state index < -0.39 is 11.5 Å². The zero-order valence-electron chi connectivity index (χ0n) is 10.1. The van der Waals surface area contributed by atoms with E-state index >= 15 is 0 Å². The number of hydrogen-bond acceptors (Lipinski definition) is 2. The highest BCUT2D eigenvalue weighted by atomic mass is 16.4. The van der Waals surface area contributed by atoms with Gasteiger partial charge in [-0.1, -0.05) is 26.2 Å². The Hall–Kier alpha value is -1.06. The minimum atomic E-state index is -0.967. The van der Waals surface area contributed by atoms with Gasteiger partial charge in [-0.3, -0.25) is 4.79 Å². The Kier molecular flexibility index (Phi) is 4.33. The SMILES string of the molecule is CCC1CCCC(C(=O)O)(N(C)C=O)CC1. The van der Waals surface area contributed by atoms with Crippen LogP contribution >= 0.6 is 0 Å². The van der Waals surface area contributed by atoms with Gasteiger partial charge < -0.3 is 10.0 Å². The molecule has 2 atom stereocenters. The van der Waals surface area contributed by atoms with Crippen molar-refractivity contribution in [1.29, 1.82) is 0 Å². The zero-order valence-corrected chi connectivity index (χ0v) is 10.1. The Balaban J connectivity index is 2.86. The van der Waals surface area contributed by atoms with Crippen molar-refractivity contribution < 1.29 is 14.7 Å². The molecule has 4 heteroatoms. The molecule has 0 radical (unpaired) electrons. The third-order valence-corrected chi connectivity index (χ3v) is 3.98. The van der Waals surface area contributed by atoms with E-state index in [1.165, 1.54) is 4.90 Å². The van der Waals surface area contributed by atoms with Crippen LogP contribution in [0.25, 0.3) is 0 Å². The maximum absolute atomic E-state index is 11.4. The molecule has 1 saturated carbocycles. The standard InChI is InChI=1S/C12H21NO3/c1-3-10-5-4-7-12(8-6-10,11(15)16)13(2)9-14/h9-10H,3-8H2,1-2H3,(H,15,16). The Morgan fingerprint density at radius 1 is 1.50 bits per heavy atom. The van der Waals surface area contributed by atoms with Crippen LogP contribution in [0.1, 0.15) is 45.4 Å². The minimum absolute atomic E-state index is 0.577. The molecule has 0 bridgehead atoms. The lowest BCUT2D eigenvalue weighted by Gasteiger charge is -2.35. The first-order chi connectivity index (χ1) is 7.56. The molecule has 1 fully saturated rings. The highest BCUT2D eigenvalue weighted by Gasteiger charge is 2.43. The Labute approximate surface area is 96.6 Å². The smallest absolute Gasteiger partial charge is 0.329 e. The first-order valence-electron chi connectivity index (χ1n) is 5.98. The Morgan fingerprint density at radius 3 is 2.69 bits per heavy atom. The molecule has 2 unspecified atom stereocenters. The third kappa shape index (κ3) is 2.36. The van der Waals surface area contributed by atoms with Crippen molar-refractivity contribution in [2.75, 3.05) is 7.05 Å². The fourth-order valence-electron chi connectivity index (χ4n) is 2.62. The fraction of sp³-hybridized carbons (Fsp3) is 0.833. The van der Waals surface area contributed by atoms with E-state index in [9.17, 15) is 14.7 Å². The van der Waals surface area contributed by atoms with Gasteiger partial charge >= 0.3 is 5.97 Å². The lowest BCUT2D eigenvalue weighted by Crippen LogP contribution is -2.52. The van der Waals surface area contributed by atoms with Crippen molar-refractivity contribution in [2.24, 2.45) is 5.92 Å². The van der Waals surface area contributed by atoms with Gasteiger partial charge in [-0.05, 0) is 25.2 Å². The molecule has 92 valence electrons. The second kappa shape index (κ2) is 5.32. The summed E-state index contributed by atoms with van der Waals surface area (Å²) < 4.78 is 0. The molecular weight excluding hydrogens is 206 g/mol. The number of amides is 1. The second-order valence-corrected chi connectivity index (χ2v) is 4.76. The molecule has 16 heavy (non-hydrogen) atoms. The first-order valence-corrected chi connectivity index (χ1v) is 5.98. The molecule has 1 amide bonds. The van der Waals surface area contributed by atoms with Crippen molar-refractivity contribution >= 4 is 12.4 Å². The van der Waals surface area contributed by atoms with Crippen molar-refractivity contribution in [3.05, 3.63) is 0 Å². The summed E-state index contributed by atoms with van der Waals surface area (Å²) in [4.78, 5) is 23.6. The molecule has 1 N–H and O–H groups in total. The minimum Gasteiger partial charge on any atom is -0.479 e. The summed E-state index contributed by atoms with van der Waals surface area (Å²) in [6.45, 7) is 2.14. The van der Waals surface area contributed by atoms with Gasteiger partial charge in [-0.15, -0.1) is 0 Å². The van der Waals surface area contributed by atoms with Gasteiger partial charge in [-0.2, -0.15) is 0 Å². The molecule has 0 saturated heterocycles. The number of carbonyl (C=O) groups is 2. The number of nitrogens with zero attached hydrogens (tertiary/aromatic N) is 1. The van der Waals surface area contributed by atoms with Gasteiger partial charge in [0.2, 0.25) is 6.41 Å². The van der Waals surface area contributed by atoms with E-state index in [0.29, 0.717) is 25.2 Å². The van der Waals surface area contributed by atoms with Crippen LogP contribution in [0.3, 0.4) is 0 Å². The zero-order chi connectivity index (χ0) is 12.2. The van der Waals surface area contributed by atoms with Crippen LogP contribution in [-0.4, -0.2) is 35.0 Å². The van der Waals surface area contributed by atoms with Gasteiger partial charge in [0.25, 0.3) is 0 Å².